The first-order valence-electron chi connectivity index (χ1n) is 5.34. The van der Waals surface area contributed by atoms with Crippen molar-refractivity contribution in [3.8, 4) is 0 Å². The smallest absolute Gasteiger partial charge is 0.274 e. The zero-order valence-electron chi connectivity index (χ0n) is 9.35. The fourth-order valence-corrected chi connectivity index (χ4v) is 1.82. The Hall–Kier alpha value is -1.56. The maximum Gasteiger partial charge on any atom is 0.274 e. The molecule has 88 valence electrons. The lowest BCUT2D eigenvalue weighted by Crippen LogP contribution is -2.34. The summed E-state index contributed by atoms with van der Waals surface area (Å²) in [5, 5.41) is 3.97. The second-order valence-corrected chi connectivity index (χ2v) is 3.83. The van der Waals surface area contributed by atoms with E-state index in [1.807, 2.05) is 0 Å². The van der Waals surface area contributed by atoms with Crippen molar-refractivity contribution in [2.75, 3.05) is 32.0 Å². The summed E-state index contributed by atoms with van der Waals surface area (Å²) in [6.45, 7) is 2.63. The van der Waals surface area contributed by atoms with Gasteiger partial charge in [0.15, 0.2) is 0 Å². The van der Waals surface area contributed by atoms with Gasteiger partial charge in [0.1, 0.15) is 5.69 Å². The predicted molar refractivity (Wildman–Crippen MR) is 59.0 cm³/mol. The molecule has 0 unspecified atom stereocenters. The molecule has 1 aromatic rings. The van der Waals surface area contributed by atoms with Crippen molar-refractivity contribution in [2.24, 2.45) is 7.05 Å². The van der Waals surface area contributed by atoms with Gasteiger partial charge in [-0.3, -0.25) is 9.48 Å². The summed E-state index contributed by atoms with van der Waals surface area (Å²) in [4.78, 5) is 13.9. The molecule has 2 heterocycles. The number of aromatic nitrogens is 2. The van der Waals surface area contributed by atoms with Crippen LogP contribution in [0.4, 0.5) is 5.69 Å². The van der Waals surface area contributed by atoms with Gasteiger partial charge in [-0.25, -0.2) is 0 Å². The fraction of sp³-hybridized carbons (Fsp3) is 0.600. The summed E-state index contributed by atoms with van der Waals surface area (Å²) >= 11 is 0. The third-order valence-electron chi connectivity index (χ3n) is 2.68. The van der Waals surface area contributed by atoms with Gasteiger partial charge in [-0.1, -0.05) is 0 Å². The van der Waals surface area contributed by atoms with E-state index in [-0.39, 0.29) is 5.91 Å². The largest absolute Gasteiger partial charge is 0.396 e. The molecule has 6 nitrogen and oxygen atoms in total. The normalized spacial score (nSPS) is 17.2. The lowest BCUT2D eigenvalue weighted by atomic mass is 10.3. The second kappa shape index (κ2) is 4.52. The summed E-state index contributed by atoms with van der Waals surface area (Å²) in [7, 11) is 1.72. The highest BCUT2D eigenvalue weighted by Crippen LogP contribution is 2.13. The van der Waals surface area contributed by atoms with E-state index in [0.29, 0.717) is 37.7 Å². The van der Waals surface area contributed by atoms with Crippen LogP contribution in [-0.2, 0) is 11.8 Å². The first-order valence-corrected chi connectivity index (χ1v) is 5.34. The first kappa shape index (κ1) is 10.9. The number of carbonyl (C=O) groups is 1. The maximum absolute atomic E-state index is 12.2. The van der Waals surface area contributed by atoms with Crippen molar-refractivity contribution in [1.82, 2.24) is 14.7 Å². The molecule has 2 N–H and O–H groups in total. The van der Waals surface area contributed by atoms with Crippen LogP contribution < -0.4 is 5.73 Å². The van der Waals surface area contributed by atoms with Crippen LogP contribution >= 0.6 is 0 Å². The topological polar surface area (TPSA) is 73.4 Å². The zero-order valence-corrected chi connectivity index (χ0v) is 9.35. The summed E-state index contributed by atoms with van der Waals surface area (Å²) in [5.41, 5.74) is 6.61. The Morgan fingerprint density at radius 2 is 2.31 bits per heavy atom. The first-order chi connectivity index (χ1) is 7.70. The summed E-state index contributed by atoms with van der Waals surface area (Å²) in [6, 6.07) is 0. The van der Waals surface area contributed by atoms with E-state index in [9.17, 15) is 4.79 Å². The van der Waals surface area contributed by atoms with Crippen molar-refractivity contribution in [3.05, 3.63) is 11.9 Å². The fourth-order valence-electron chi connectivity index (χ4n) is 1.82. The van der Waals surface area contributed by atoms with Crippen LogP contribution in [0.3, 0.4) is 0 Å². The Kier molecular flexibility index (Phi) is 3.09. The molecule has 6 heteroatoms. The van der Waals surface area contributed by atoms with Gasteiger partial charge in [-0.15, -0.1) is 0 Å². The summed E-state index contributed by atoms with van der Waals surface area (Å²) < 4.78 is 6.82. The number of ether oxygens (including phenoxy) is 1. The van der Waals surface area contributed by atoms with Crippen molar-refractivity contribution in [2.45, 2.75) is 6.42 Å². The van der Waals surface area contributed by atoms with Crippen LogP contribution in [0, 0.1) is 0 Å². The van der Waals surface area contributed by atoms with Crippen LogP contribution in [0.2, 0.25) is 0 Å². The van der Waals surface area contributed by atoms with E-state index in [0.717, 1.165) is 6.42 Å². The van der Waals surface area contributed by atoms with Gasteiger partial charge >= 0.3 is 0 Å². The van der Waals surface area contributed by atoms with Crippen molar-refractivity contribution in [3.63, 3.8) is 0 Å². The molecule has 0 spiro atoms. The van der Waals surface area contributed by atoms with E-state index in [1.54, 1.807) is 11.9 Å². The van der Waals surface area contributed by atoms with E-state index < -0.39 is 0 Å². The number of nitrogen functional groups attached to an aromatic ring is 1. The lowest BCUT2D eigenvalue weighted by molar-refractivity contribution is 0.0731. The highest BCUT2D eigenvalue weighted by molar-refractivity contribution is 5.97. The molecule has 16 heavy (non-hydrogen) atoms. The Balaban J connectivity index is 2.17. The van der Waals surface area contributed by atoms with Gasteiger partial charge in [0.25, 0.3) is 5.91 Å². The zero-order chi connectivity index (χ0) is 11.5. The van der Waals surface area contributed by atoms with Crippen LogP contribution in [-0.4, -0.2) is 46.9 Å². The number of rotatable bonds is 1. The van der Waals surface area contributed by atoms with Gasteiger partial charge in [0, 0.05) is 26.7 Å². The number of amides is 1. The van der Waals surface area contributed by atoms with Crippen LogP contribution in [0.15, 0.2) is 6.20 Å². The number of carbonyl (C=O) groups excluding carboxylic acids is 1. The Bertz CT molecular complexity index is 361. The Morgan fingerprint density at radius 1 is 1.50 bits per heavy atom. The van der Waals surface area contributed by atoms with Crippen molar-refractivity contribution < 1.29 is 9.53 Å². The second-order valence-electron chi connectivity index (χ2n) is 3.83. The molecule has 1 aromatic heterocycles. The molecular formula is C10H16N4O2. The Labute approximate surface area is 94.0 Å². The summed E-state index contributed by atoms with van der Waals surface area (Å²) in [6.07, 6.45) is 2.37. The molecule has 0 aliphatic carbocycles. The molecule has 1 saturated heterocycles. The number of hydrogen-bond acceptors (Lipinski definition) is 4. The minimum Gasteiger partial charge on any atom is -0.396 e. The molecule has 0 radical (unpaired) electrons. The van der Waals surface area contributed by atoms with Gasteiger partial charge in [-0.2, -0.15) is 5.10 Å². The van der Waals surface area contributed by atoms with Crippen LogP contribution in [0.1, 0.15) is 16.9 Å². The number of aryl methyl sites for hydroxylation is 1. The van der Waals surface area contributed by atoms with Crippen molar-refractivity contribution >= 4 is 11.6 Å². The van der Waals surface area contributed by atoms with E-state index in [2.05, 4.69) is 5.10 Å². The summed E-state index contributed by atoms with van der Waals surface area (Å²) in [5.74, 6) is -0.0667. The molecular weight excluding hydrogens is 208 g/mol. The van der Waals surface area contributed by atoms with E-state index >= 15 is 0 Å². The SMILES string of the molecule is Cn1ncc(N)c1C(=O)N1CCCOCC1. The quantitative estimate of drug-likeness (QED) is 0.721. The third kappa shape index (κ3) is 2.01. The van der Waals surface area contributed by atoms with Crippen LogP contribution in [0.25, 0.3) is 0 Å². The molecule has 0 bridgehead atoms. The number of anilines is 1. The highest BCUT2D eigenvalue weighted by Gasteiger charge is 2.22. The van der Waals surface area contributed by atoms with Gasteiger partial charge in [0.05, 0.1) is 18.5 Å². The molecule has 0 aromatic carbocycles. The number of nitrogens with zero attached hydrogens (tertiary/aromatic N) is 3. The minimum absolute atomic E-state index is 0.0667. The van der Waals surface area contributed by atoms with Gasteiger partial charge in [0.2, 0.25) is 0 Å². The van der Waals surface area contributed by atoms with E-state index in [4.69, 9.17) is 10.5 Å². The molecule has 0 saturated carbocycles. The van der Waals surface area contributed by atoms with Gasteiger partial charge < -0.3 is 15.4 Å². The molecule has 1 amide bonds. The minimum atomic E-state index is -0.0667. The number of hydrogen-bond donors (Lipinski definition) is 1. The van der Waals surface area contributed by atoms with E-state index in [1.165, 1.54) is 10.9 Å². The standard InChI is InChI=1S/C10H16N4O2/c1-13-9(8(11)7-12-13)10(15)14-3-2-5-16-6-4-14/h7H,2-6,11H2,1H3. The monoisotopic (exact) mass is 224 g/mol. The van der Waals surface area contributed by atoms with Crippen LogP contribution in [0.5, 0.6) is 0 Å². The van der Waals surface area contributed by atoms with Gasteiger partial charge in [-0.05, 0) is 6.42 Å². The molecule has 0 atom stereocenters. The third-order valence-corrected chi connectivity index (χ3v) is 2.68. The lowest BCUT2D eigenvalue weighted by Gasteiger charge is -2.19. The molecule has 1 aliphatic rings. The van der Waals surface area contributed by atoms with Crippen molar-refractivity contribution in [1.29, 1.82) is 0 Å². The predicted octanol–water partition coefficient (Wildman–Crippen LogP) is -0.135. The molecule has 2 rings (SSSR count). The highest BCUT2D eigenvalue weighted by atomic mass is 16.5. The molecule has 1 aliphatic heterocycles. The Morgan fingerprint density at radius 3 is 3.00 bits per heavy atom. The average molecular weight is 224 g/mol. The number of nitrogens with two attached hydrogens (primary N) is 1. The maximum atomic E-state index is 12.2. The molecule has 1 fully saturated rings. The average Bonchev–Trinajstić information content (AvgIpc) is 2.51.